The van der Waals surface area contributed by atoms with Crippen LogP contribution in [0.25, 0.3) is 0 Å². The van der Waals surface area contributed by atoms with E-state index in [1.807, 2.05) is 0 Å². The maximum atomic E-state index is 13.2. The van der Waals surface area contributed by atoms with Crippen LogP contribution in [0.3, 0.4) is 0 Å². The monoisotopic (exact) mass is 301 g/mol. The van der Waals surface area contributed by atoms with Crippen molar-refractivity contribution in [1.82, 2.24) is 0 Å². The van der Waals surface area contributed by atoms with Gasteiger partial charge in [0.2, 0.25) is 0 Å². The number of alkyl halides is 3. The fraction of sp³-hybridized carbons (Fsp3) is 0.533. The van der Waals surface area contributed by atoms with Crippen LogP contribution in [0.4, 0.5) is 18.9 Å². The molecule has 0 radical (unpaired) electrons. The molecule has 1 unspecified atom stereocenters. The quantitative estimate of drug-likeness (QED) is 0.799. The van der Waals surface area contributed by atoms with Gasteiger partial charge in [0.05, 0.1) is 12.2 Å². The van der Waals surface area contributed by atoms with Crippen molar-refractivity contribution in [3.8, 4) is 0 Å². The van der Waals surface area contributed by atoms with E-state index in [0.717, 1.165) is 18.9 Å². The average Bonchev–Trinajstić information content (AvgIpc) is 2.46. The van der Waals surface area contributed by atoms with Crippen molar-refractivity contribution in [1.29, 1.82) is 0 Å². The van der Waals surface area contributed by atoms with E-state index in [4.69, 9.17) is 4.74 Å². The molecule has 21 heavy (non-hydrogen) atoms. The number of methoxy groups -OCH3 is 1. The van der Waals surface area contributed by atoms with Gasteiger partial charge in [-0.05, 0) is 37.0 Å². The number of hydrogen-bond acceptors (Lipinski definition) is 3. The molecule has 1 aromatic carbocycles. The summed E-state index contributed by atoms with van der Waals surface area (Å²) < 4.78 is 44.7. The molecule has 1 fully saturated rings. The zero-order valence-electron chi connectivity index (χ0n) is 11.8. The Morgan fingerprint density at radius 3 is 2.81 bits per heavy atom. The Labute approximate surface area is 121 Å². The SMILES string of the molecule is COCC1CCCN(c2ccc(C=O)cc2C(F)(F)F)C1. The highest BCUT2D eigenvalue weighted by Crippen LogP contribution is 2.38. The van der Waals surface area contributed by atoms with Crippen molar-refractivity contribution < 1.29 is 22.7 Å². The normalized spacial score (nSPS) is 19.6. The van der Waals surface area contributed by atoms with Crippen molar-refractivity contribution in [3.63, 3.8) is 0 Å². The van der Waals surface area contributed by atoms with E-state index >= 15 is 0 Å². The van der Waals surface area contributed by atoms with Crippen LogP contribution in [0.2, 0.25) is 0 Å². The number of carbonyl (C=O) groups excluding carboxylic acids is 1. The molecule has 1 aromatic rings. The first kappa shape index (κ1) is 15.8. The zero-order chi connectivity index (χ0) is 15.5. The molecule has 0 aliphatic carbocycles. The lowest BCUT2D eigenvalue weighted by molar-refractivity contribution is -0.137. The fourth-order valence-electron chi connectivity index (χ4n) is 2.79. The van der Waals surface area contributed by atoms with Crippen LogP contribution in [0.5, 0.6) is 0 Å². The van der Waals surface area contributed by atoms with E-state index in [1.54, 1.807) is 12.0 Å². The van der Waals surface area contributed by atoms with Gasteiger partial charge < -0.3 is 9.64 Å². The lowest BCUT2D eigenvalue weighted by Crippen LogP contribution is -2.38. The van der Waals surface area contributed by atoms with Gasteiger partial charge in [-0.25, -0.2) is 0 Å². The van der Waals surface area contributed by atoms with Gasteiger partial charge in [0.25, 0.3) is 0 Å². The zero-order valence-corrected chi connectivity index (χ0v) is 11.8. The van der Waals surface area contributed by atoms with Gasteiger partial charge in [0.15, 0.2) is 0 Å². The van der Waals surface area contributed by atoms with Crippen LogP contribution in [-0.4, -0.2) is 33.1 Å². The number of anilines is 1. The molecule has 0 saturated carbocycles. The molecule has 6 heteroatoms. The molecule has 1 atom stereocenters. The first-order valence-electron chi connectivity index (χ1n) is 6.86. The molecule has 116 valence electrons. The molecule has 1 aliphatic rings. The number of aldehydes is 1. The molecular weight excluding hydrogens is 283 g/mol. The molecule has 1 heterocycles. The van der Waals surface area contributed by atoms with E-state index < -0.39 is 11.7 Å². The smallest absolute Gasteiger partial charge is 0.384 e. The Kier molecular flexibility index (Phi) is 4.88. The molecule has 3 nitrogen and oxygen atoms in total. The standard InChI is InChI=1S/C15H18F3NO2/c1-21-10-12-3-2-6-19(8-12)14-5-4-11(9-20)7-13(14)15(16,17)18/h4-5,7,9,12H,2-3,6,8,10H2,1H3. The second-order valence-corrected chi connectivity index (χ2v) is 5.30. The summed E-state index contributed by atoms with van der Waals surface area (Å²) in [5, 5.41) is 0. The third kappa shape index (κ3) is 3.75. The van der Waals surface area contributed by atoms with Gasteiger partial charge in [-0.15, -0.1) is 0 Å². The van der Waals surface area contributed by atoms with Gasteiger partial charge in [-0.2, -0.15) is 13.2 Å². The predicted molar refractivity (Wildman–Crippen MR) is 73.6 cm³/mol. The second-order valence-electron chi connectivity index (χ2n) is 5.30. The third-order valence-corrected chi connectivity index (χ3v) is 3.72. The number of halogens is 3. The van der Waals surface area contributed by atoms with Crippen LogP contribution in [0.1, 0.15) is 28.8 Å². The highest BCUT2D eigenvalue weighted by Gasteiger charge is 2.36. The molecule has 0 aromatic heterocycles. The molecule has 2 rings (SSSR count). The molecule has 0 amide bonds. The van der Waals surface area contributed by atoms with Crippen LogP contribution in [0, 0.1) is 5.92 Å². The number of ether oxygens (including phenoxy) is 1. The van der Waals surface area contributed by atoms with E-state index in [2.05, 4.69) is 0 Å². The molecule has 0 bridgehead atoms. The van der Waals surface area contributed by atoms with Crippen molar-refractivity contribution in [2.45, 2.75) is 19.0 Å². The minimum absolute atomic E-state index is 0.0384. The van der Waals surface area contributed by atoms with Crippen molar-refractivity contribution in [2.75, 3.05) is 31.7 Å². The van der Waals surface area contributed by atoms with Gasteiger partial charge in [0, 0.05) is 31.5 Å². The van der Waals surface area contributed by atoms with E-state index in [9.17, 15) is 18.0 Å². The number of carbonyl (C=O) groups is 1. The van der Waals surface area contributed by atoms with E-state index in [1.165, 1.54) is 12.1 Å². The van der Waals surface area contributed by atoms with E-state index in [-0.39, 0.29) is 17.2 Å². The maximum absolute atomic E-state index is 13.2. The lowest BCUT2D eigenvalue weighted by atomic mass is 9.97. The van der Waals surface area contributed by atoms with Crippen molar-refractivity contribution in [3.05, 3.63) is 29.3 Å². The van der Waals surface area contributed by atoms with Crippen molar-refractivity contribution in [2.24, 2.45) is 5.92 Å². The molecule has 0 N–H and O–H groups in total. The Bertz CT molecular complexity index is 500. The third-order valence-electron chi connectivity index (χ3n) is 3.72. The minimum atomic E-state index is -4.47. The predicted octanol–water partition coefficient (Wildman–Crippen LogP) is 3.38. The summed E-state index contributed by atoms with van der Waals surface area (Å²) in [6.45, 7) is 1.67. The van der Waals surface area contributed by atoms with Gasteiger partial charge in [-0.3, -0.25) is 4.79 Å². The molecule has 0 spiro atoms. The van der Waals surface area contributed by atoms with Crippen molar-refractivity contribution >= 4 is 12.0 Å². The second kappa shape index (κ2) is 6.47. The molecular formula is C15H18F3NO2. The van der Waals surface area contributed by atoms with Crippen LogP contribution in [0.15, 0.2) is 18.2 Å². The summed E-state index contributed by atoms with van der Waals surface area (Å²) in [5.41, 5.74) is -0.560. The number of piperidine rings is 1. The lowest BCUT2D eigenvalue weighted by Gasteiger charge is -2.35. The van der Waals surface area contributed by atoms with E-state index in [0.29, 0.717) is 26.0 Å². The highest BCUT2D eigenvalue weighted by molar-refractivity contribution is 5.77. The summed E-state index contributed by atoms with van der Waals surface area (Å²) in [6, 6.07) is 3.74. The summed E-state index contributed by atoms with van der Waals surface area (Å²) in [5.74, 6) is 0.232. The summed E-state index contributed by atoms with van der Waals surface area (Å²) in [7, 11) is 1.60. The highest BCUT2D eigenvalue weighted by atomic mass is 19.4. The van der Waals surface area contributed by atoms with Crippen LogP contribution >= 0.6 is 0 Å². The Morgan fingerprint density at radius 1 is 1.43 bits per heavy atom. The number of benzene rings is 1. The first-order valence-corrected chi connectivity index (χ1v) is 6.86. The fourth-order valence-corrected chi connectivity index (χ4v) is 2.79. The first-order chi connectivity index (χ1) is 9.95. The topological polar surface area (TPSA) is 29.5 Å². The van der Waals surface area contributed by atoms with Gasteiger partial charge >= 0.3 is 6.18 Å². The minimum Gasteiger partial charge on any atom is -0.384 e. The summed E-state index contributed by atoms with van der Waals surface area (Å²) >= 11 is 0. The molecule has 1 saturated heterocycles. The Balaban J connectivity index is 2.31. The number of rotatable bonds is 4. The average molecular weight is 301 g/mol. The largest absolute Gasteiger partial charge is 0.418 e. The maximum Gasteiger partial charge on any atom is 0.418 e. The molecule has 1 aliphatic heterocycles. The van der Waals surface area contributed by atoms with Crippen LogP contribution in [-0.2, 0) is 10.9 Å². The summed E-state index contributed by atoms with van der Waals surface area (Å²) in [6.07, 6.45) is -2.25. The Hall–Kier alpha value is -1.56. The van der Waals surface area contributed by atoms with Gasteiger partial charge in [0.1, 0.15) is 6.29 Å². The number of nitrogens with zero attached hydrogens (tertiary/aromatic N) is 1. The Morgan fingerprint density at radius 2 is 2.19 bits per heavy atom. The summed E-state index contributed by atoms with van der Waals surface area (Å²) in [4.78, 5) is 12.5. The van der Waals surface area contributed by atoms with Crippen LogP contribution < -0.4 is 4.90 Å². The number of hydrogen-bond donors (Lipinski definition) is 0. The van der Waals surface area contributed by atoms with Gasteiger partial charge in [-0.1, -0.05) is 0 Å².